The Morgan fingerprint density at radius 3 is 2.00 bits per heavy atom. The van der Waals surface area contributed by atoms with Gasteiger partial charge in [0.2, 0.25) is 0 Å². The molecule has 21 heavy (non-hydrogen) atoms. The van der Waals surface area contributed by atoms with Gasteiger partial charge in [-0.05, 0) is 31.2 Å². The van der Waals surface area contributed by atoms with Crippen molar-refractivity contribution in [3.05, 3.63) is 48.5 Å². The van der Waals surface area contributed by atoms with E-state index in [1.54, 1.807) is 7.11 Å². The molecule has 0 saturated heterocycles. The summed E-state index contributed by atoms with van der Waals surface area (Å²) in [6.07, 6.45) is 0. The van der Waals surface area contributed by atoms with Crippen LogP contribution in [0.5, 0.6) is 11.5 Å². The van der Waals surface area contributed by atoms with Crippen LogP contribution < -0.4 is 20.1 Å². The van der Waals surface area contributed by atoms with Crippen LogP contribution in [0.3, 0.4) is 0 Å². The third-order valence-electron chi connectivity index (χ3n) is 3.00. The van der Waals surface area contributed by atoms with Crippen molar-refractivity contribution in [2.24, 2.45) is 0 Å². The molecule has 2 aromatic carbocycles. The van der Waals surface area contributed by atoms with E-state index in [0.717, 1.165) is 36.0 Å². The summed E-state index contributed by atoms with van der Waals surface area (Å²) in [5.74, 6) is 1.75. The zero-order chi connectivity index (χ0) is 14.9. The summed E-state index contributed by atoms with van der Waals surface area (Å²) >= 11 is 0. The van der Waals surface area contributed by atoms with E-state index >= 15 is 0 Å². The van der Waals surface area contributed by atoms with Crippen LogP contribution in [0.25, 0.3) is 0 Å². The molecule has 0 spiro atoms. The Labute approximate surface area is 126 Å². The minimum Gasteiger partial charge on any atom is -0.497 e. The van der Waals surface area contributed by atoms with Gasteiger partial charge < -0.3 is 20.1 Å². The van der Waals surface area contributed by atoms with E-state index in [4.69, 9.17) is 9.47 Å². The van der Waals surface area contributed by atoms with Crippen molar-refractivity contribution in [2.45, 2.75) is 6.92 Å². The molecule has 0 atom stereocenters. The maximum absolute atomic E-state index is 5.48. The van der Waals surface area contributed by atoms with Crippen LogP contribution in [0, 0.1) is 0 Å². The number of hydrogen-bond donors (Lipinski definition) is 2. The van der Waals surface area contributed by atoms with E-state index in [1.807, 2.05) is 55.5 Å². The van der Waals surface area contributed by atoms with Crippen LogP contribution in [0.2, 0.25) is 0 Å². The fraction of sp³-hybridized carbons (Fsp3) is 0.294. The molecule has 0 radical (unpaired) electrons. The van der Waals surface area contributed by atoms with Gasteiger partial charge in [0.1, 0.15) is 11.5 Å². The monoisotopic (exact) mass is 286 g/mol. The summed E-state index contributed by atoms with van der Waals surface area (Å²) in [7, 11) is 1.67. The van der Waals surface area contributed by atoms with Crippen molar-refractivity contribution < 1.29 is 9.47 Å². The highest BCUT2D eigenvalue weighted by molar-refractivity contribution is 5.50. The molecule has 0 fully saturated rings. The Hall–Kier alpha value is -2.36. The number of rotatable bonds is 8. The maximum atomic E-state index is 5.48. The van der Waals surface area contributed by atoms with Crippen molar-refractivity contribution in [2.75, 3.05) is 37.4 Å². The van der Waals surface area contributed by atoms with E-state index in [1.165, 1.54) is 0 Å². The molecule has 2 N–H and O–H groups in total. The summed E-state index contributed by atoms with van der Waals surface area (Å²) in [5, 5.41) is 6.72. The summed E-state index contributed by atoms with van der Waals surface area (Å²) in [6, 6.07) is 15.9. The van der Waals surface area contributed by atoms with Gasteiger partial charge in [-0.2, -0.15) is 0 Å². The van der Waals surface area contributed by atoms with Crippen LogP contribution >= 0.6 is 0 Å². The molecule has 0 aliphatic carbocycles. The quantitative estimate of drug-likeness (QED) is 0.727. The molecule has 0 heterocycles. The second-order valence-corrected chi connectivity index (χ2v) is 4.55. The van der Waals surface area contributed by atoms with Gasteiger partial charge in [-0.1, -0.05) is 12.1 Å². The SMILES string of the molecule is CCOc1cccc(NCCNc2cccc(OC)c2)c1. The van der Waals surface area contributed by atoms with Crippen LogP contribution in [-0.4, -0.2) is 26.8 Å². The highest BCUT2D eigenvalue weighted by Gasteiger charge is 1.97. The highest BCUT2D eigenvalue weighted by Crippen LogP contribution is 2.18. The minimum atomic E-state index is 0.681. The Balaban J connectivity index is 1.77. The van der Waals surface area contributed by atoms with Gasteiger partial charge in [0.25, 0.3) is 0 Å². The smallest absolute Gasteiger partial charge is 0.121 e. The molecule has 0 bridgehead atoms. The number of benzene rings is 2. The van der Waals surface area contributed by atoms with Crippen molar-refractivity contribution in [3.8, 4) is 11.5 Å². The van der Waals surface area contributed by atoms with Gasteiger partial charge in [-0.3, -0.25) is 0 Å². The lowest BCUT2D eigenvalue weighted by Crippen LogP contribution is -2.13. The van der Waals surface area contributed by atoms with Crippen LogP contribution in [0.15, 0.2) is 48.5 Å². The van der Waals surface area contributed by atoms with E-state index in [9.17, 15) is 0 Å². The number of nitrogens with one attached hydrogen (secondary N) is 2. The topological polar surface area (TPSA) is 42.5 Å². The van der Waals surface area contributed by atoms with E-state index in [0.29, 0.717) is 6.61 Å². The first kappa shape index (κ1) is 15.0. The molecule has 0 aliphatic heterocycles. The van der Waals surface area contributed by atoms with Crippen molar-refractivity contribution in [1.82, 2.24) is 0 Å². The predicted octanol–water partition coefficient (Wildman–Crippen LogP) is 3.62. The van der Waals surface area contributed by atoms with E-state index in [-0.39, 0.29) is 0 Å². The molecule has 0 aliphatic rings. The normalized spacial score (nSPS) is 10.0. The average Bonchev–Trinajstić information content (AvgIpc) is 2.52. The minimum absolute atomic E-state index is 0.681. The van der Waals surface area contributed by atoms with E-state index in [2.05, 4.69) is 10.6 Å². The lowest BCUT2D eigenvalue weighted by molar-refractivity contribution is 0.340. The first-order valence-electron chi connectivity index (χ1n) is 7.16. The van der Waals surface area contributed by atoms with Gasteiger partial charge in [0.15, 0.2) is 0 Å². The second-order valence-electron chi connectivity index (χ2n) is 4.55. The molecule has 4 heteroatoms. The molecular weight excluding hydrogens is 264 g/mol. The van der Waals surface area contributed by atoms with Gasteiger partial charge in [-0.15, -0.1) is 0 Å². The molecule has 0 unspecified atom stereocenters. The molecule has 4 nitrogen and oxygen atoms in total. The molecule has 0 amide bonds. The first-order chi connectivity index (χ1) is 10.3. The summed E-state index contributed by atoms with van der Waals surface area (Å²) in [4.78, 5) is 0. The van der Waals surface area contributed by atoms with E-state index < -0.39 is 0 Å². The van der Waals surface area contributed by atoms with Crippen LogP contribution in [0.4, 0.5) is 11.4 Å². The second kappa shape index (κ2) is 8.04. The molecule has 2 aromatic rings. The fourth-order valence-electron chi connectivity index (χ4n) is 2.01. The van der Waals surface area contributed by atoms with Crippen LogP contribution in [0.1, 0.15) is 6.92 Å². The van der Waals surface area contributed by atoms with Crippen molar-refractivity contribution in [3.63, 3.8) is 0 Å². The Morgan fingerprint density at radius 2 is 1.43 bits per heavy atom. The highest BCUT2D eigenvalue weighted by atomic mass is 16.5. The number of methoxy groups -OCH3 is 1. The zero-order valence-corrected chi connectivity index (χ0v) is 12.6. The average molecular weight is 286 g/mol. The standard InChI is InChI=1S/C17H22N2O2/c1-3-21-17-9-5-7-15(13-17)19-11-10-18-14-6-4-8-16(12-14)20-2/h4-9,12-13,18-19H,3,10-11H2,1-2H3. The fourth-order valence-corrected chi connectivity index (χ4v) is 2.01. The van der Waals surface area contributed by atoms with Crippen LogP contribution in [-0.2, 0) is 0 Å². The third-order valence-corrected chi connectivity index (χ3v) is 3.00. The van der Waals surface area contributed by atoms with Gasteiger partial charge >= 0.3 is 0 Å². The first-order valence-corrected chi connectivity index (χ1v) is 7.16. The number of ether oxygens (including phenoxy) is 2. The predicted molar refractivity (Wildman–Crippen MR) is 87.6 cm³/mol. The Kier molecular flexibility index (Phi) is 5.76. The third kappa shape index (κ3) is 4.91. The summed E-state index contributed by atoms with van der Waals surface area (Å²) in [6.45, 7) is 4.32. The molecule has 0 saturated carbocycles. The zero-order valence-electron chi connectivity index (χ0n) is 12.6. The van der Waals surface area contributed by atoms with Gasteiger partial charge in [0, 0.05) is 36.6 Å². The lowest BCUT2D eigenvalue weighted by Gasteiger charge is -2.11. The van der Waals surface area contributed by atoms with Gasteiger partial charge in [-0.25, -0.2) is 0 Å². The Morgan fingerprint density at radius 1 is 0.857 bits per heavy atom. The lowest BCUT2D eigenvalue weighted by atomic mass is 10.3. The molecule has 2 rings (SSSR count). The number of hydrogen-bond acceptors (Lipinski definition) is 4. The summed E-state index contributed by atoms with van der Waals surface area (Å²) < 4.78 is 10.7. The van der Waals surface area contributed by atoms with Gasteiger partial charge in [0.05, 0.1) is 13.7 Å². The largest absolute Gasteiger partial charge is 0.497 e. The summed E-state index contributed by atoms with van der Waals surface area (Å²) in [5.41, 5.74) is 2.12. The van der Waals surface area contributed by atoms with Crippen molar-refractivity contribution in [1.29, 1.82) is 0 Å². The Bertz CT molecular complexity index is 558. The molecule has 112 valence electrons. The molecule has 0 aromatic heterocycles. The molecular formula is C17H22N2O2. The van der Waals surface area contributed by atoms with Crippen molar-refractivity contribution >= 4 is 11.4 Å². The number of anilines is 2. The maximum Gasteiger partial charge on any atom is 0.121 e.